The summed E-state index contributed by atoms with van der Waals surface area (Å²) >= 11 is 1.28. The molecule has 2 N–H and O–H groups in total. The number of amides is 3. The smallest absolute Gasteiger partial charge is 0.262 e. The van der Waals surface area contributed by atoms with Crippen molar-refractivity contribution in [3.63, 3.8) is 0 Å². The number of aromatic nitrogens is 1. The highest BCUT2D eigenvalue weighted by Crippen LogP contribution is 2.20. The Morgan fingerprint density at radius 3 is 2.93 bits per heavy atom. The first-order chi connectivity index (χ1) is 13.6. The Morgan fingerprint density at radius 1 is 1.25 bits per heavy atom. The largest absolute Gasteiger partial charge is 0.356 e. The van der Waals surface area contributed by atoms with E-state index >= 15 is 0 Å². The molecule has 7 nitrogen and oxygen atoms in total. The van der Waals surface area contributed by atoms with Gasteiger partial charge in [-0.15, -0.1) is 11.3 Å². The number of anilines is 1. The van der Waals surface area contributed by atoms with Gasteiger partial charge in [0, 0.05) is 24.6 Å². The van der Waals surface area contributed by atoms with Crippen LogP contribution in [0.15, 0.2) is 34.2 Å². The number of allylic oxidation sites excluding steroid dienone is 2. The molecule has 1 atom stereocenters. The lowest BCUT2D eigenvalue weighted by Gasteiger charge is -2.12. The topological polar surface area (TPSA) is 101 Å². The van der Waals surface area contributed by atoms with Crippen LogP contribution in [0.25, 0.3) is 0 Å². The van der Waals surface area contributed by atoms with Crippen LogP contribution in [0.4, 0.5) is 5.13 Å². The first kappa shape index (κ1) is 20.1. The fraction of sp³-hybridized carbons (Fsp3) is 0.450. The van der Waals surface area contributed by atoms with E-state index in [1.807, 2.05) is 5.38 Å². The summed E-state index contributed by atoms with van der Waals surface area (Å²) in [5, 5.41) is 7.82. The van der Waals surface area contributed by atoms with Crippen LogP contribution in [0.3, 0.4) is 0 Å². The Morgan fingerprint density at radius 2 is 2.14 bits per heavy atom. The van der Waals surface area contributed by atoms with Crippen molar-refractivity contribution in [1.82, 2.24) is 10.3 Å². The first-order valence-electron chi connectivity index (χ1n) is 9.56. The maximum atomic E-state index is 12.1. The number of carbonyl (C=O) groups excluding carboxylic acids is 3. The van der Waals surface area contributed by atoms with E-state index in [-0.39, 0.29) is 5.91 Å². The number of thiazole rings is 1. The third kappa shape index (κ3) is 5.95. The zero-order valence-corrected chi connectivity index (χ0v) is 16.5. The van der Waals surface area contributed by atoms with Gasteiger partial charge >= 0.3 is 0 Å². The molecule has 148 valence electrons. The maximum Gasteiger partial charge on any atom is 0.262 e. The van der Waals surface area contributed by atoms with Crippen molar-refractivity contribution in [2.45, 2.75) is 44.9 Å². The van der Waals surface area contributed by atoms with Crippen LogP contribution < -0.4 is 10.6 Å². The van der Waals surface area contributed by atoms with Crippen LogP contribution >= 0.6 is 11.3 Å². The minimum absolute atomic E-state index is 0.00537. The minimum Gasteiger partial charge on any atom is -0.356 e. The summed E-state index contributed by atoms with van der Waals surface area (Å²) in [6.07, 6.45) is 13.4. The average Bonchev–Trinajstić information content (AvgIpc) is 3.15. The van der Waals surface area contributed by atoms with Gasteiger partial charge in [0.2, 0.25) is 11.8 Å². The number of carbonyl (C=O) groups is 3. The zero-order valence-electron chi connectivity index (χ0n) is 15.6. The molecule has 0 bridgehead atoms. The summed E-state index contributed by atoms with van der Waals surface area (Å²) < 4.78 is 0. The second kappa shape index (κ2) is 10.1. The molecule has 2 heterocycles. The Bertz CT molecular complexity index is 825. The molecule has 0 saturated heterocycles. The van der Waals surface area contributed by atoms with Crippen LogP contribution in [-0.2, 0) is 20.8 Å². The SMILES string of the molecule is O=C(CCc1csc(NC(=O)C2C=CC=NC2=O)n1)NCCC1=CCCCC1. The molecule has 3 amide bonds. The minimum atomic E-state index is -0.914. The van der Waals surface area contributed by atoms with Crippen LogP contribution in [0.5, 0.6) is 0 Å². The predicted octanol–water partition coefficient (Wildman–Crippen LogP) is 2.80. The van der Waals surface area contributed by atoms with Crippen molar-refractivity contribution in [3.8, 4) is 0 Å². The van der Waals surface area contributed by atoms with E-state index in [0.29, 0.717) is 24.5 Å². The summed E-state index contributed by atoms with van der Waals surface area (Å²) in [4.78, 5) is 43.7. The molecule has 0 fully saturated rings. The Balaban J connectivity index is 1.38. The predicted molar refractivity (Wildman–Crippen MR) is 109 cm³/mol. The standard InChI is InChI=1S/C20H24N4O3S/c25-17(21-12-10-14-5-2-1-3-6-14)9-8-15-13-28-20(23-15)24-19(27)16-7-4-11-22-18(16)26/h4-5,7,11,13,16H,1-3,6,8-10,12H2,(H,21,25)(H,23,24,27). The van der Waals surface area contributed by atoms with Crippen LogP contribution in [0.1, 0.15) is 44.2 Å². The number of hydrogen-bond acceptors (Lipinski definition) is 5. The summed E-state index contributed by atoms with van der Waals surface area (Å²) in [5.74, 6) is -1.85. The number of aliphatic imine (C=N–C) groups is 1. The lowest BCUT2D eigenvalue weighted by molar-refractivity contribution is -0.128. The highest BCUT2D eigenvalue weighted by atomic mass is 32.1. The fourth-order valence-corrected chi connectivity index (χ4v) is 3.87. The van der Waals surface area contributed by atoms with Gasteiger partial charge in [-0.2, -0.15) is 0 Å². The molecule has 2 aliphatic rings. The molecule has 28 heavy (non-hydrogen) atoms. The quantitative estimate of drug-likeness (QED) is 0.517. The molecular formula is C20H24N4O3S. The van der Waals surface area contributed by atoms with Gasteiger partial charge in [0.25, 0.3) is 5.91 Å². The van der Waals surface area contributed by atoms with Gasteiger partial charge in [-0.1, -0.05) is 17.7 Å². The van der Waals surface area contributed by atoms with Gasteiger partial charge in [0.15, 0.2) is 5.13 Å². The lowest BCUT2D eigenvalue weighted by atomic mass is 9.97. The van der Waals surface area contributed by atoms with E-state index < -0.39 is 17.7 Å². The van der Waals surface area contributed by atoms with Gasteiger partial charge in [-0.25, -0.2) is 9.98 Å². The zero-order chi connectivity index (χ0) is 19.8. The lowest BCUT2D eigenvalue weighted by Crippen LogP contribution is -2.28. The molecule has 1 aliphatic carbocycles. The van der Waals surface area contributed by atoms with Crippen LogP contribution in [-0.4, -0.2) is 35.5 Å². The maximum absolute atomic E-state index is 12.1. The van der Waals surface area contributed by atoms with E-state index in [4.69, 9.17) is 0 Å². The summed E-state index contributed by atoms with van der Waals surface area (Å²) in [6.45, 7) is 0.675. The first-order valence-corrected chi connectivity index (χ1v) is 10.4. The Kier molecular flexibility index (Phi) is 7.25. The van der Waals surface area contributed by atoms with Crippen molar-refractivity contribution < 1.29 is 14.4 Å². The van der Waals surface area contributed by atoms with Gasteiger partial charge in [0.05, 0.1) is 5.69 Å². The van der Waals surface area contributed by atoms with E-state index in [2.05, 4.69) is 26.7 Å². The van der Waals surface area contributed by atoms with Crippen molar-refractivity contribution in [2.24, 2.45) is 10.9 Å². The molecule has 1 unspecified atom stereocenters. The molecule has 3 rings (SSSR count). The highest BCUT2D eigenvalue weighted by Gasteiger charge is 2.25. The molecule has 0 saturated carbocycles. The van der Waals surface area contributed by atoms with Crippen molar-refractivity contribution in [2.75, 3.05) is 11.9 Å². The van der Waals surface area contributed by atoms with E-state index in [1.54, 1.807) is 6.08 Å². The third-order valence-corrected chi connectivity index (χ3v) is 5.49. The van der Waals surface area contributed by atoms with Gasteiger partial charge in [-0.3, -0.25) is 14.4 Å². The molecule has 1 aromatic rings. The number of rotatable bonds is 8. The second-order valence-corrected chi connectivity index (χ2v) is 7.68. The molecule has 8 heteroatoms. The Hall–Kier alpha value is -2.61. The molecule has 0 radical (unpaired) electrons. The van der Waals surface area contributed by atoms with Gasteiger partial charge < -0.3 is 10.6 Å². The number of hydrogen-bond donors (Lipinski definition) is 2. The van der Waals surface area contributed by atoms with Crippen LogP contribution in [0.2, 0.25) is 0 Å². The van der Waals surface area contributed by atoms with Crippen molar-refractivity contribution in [1.29, 1.82) is 0 Å². The number of aryl methyl sites for hydroxylation is 1. The average molecular weight is 401 g/mol. The van der Waals surface area contributed by atoms with E-state index in [9.17, 15) is 14.4 Å². The van der Waals surface area contributed by atoms with Gasteiger partial charge in [-0.05, 0) is 44.6 Å². The molecule has 1 aromatic heterocycles. The molecule has 0 aromatic carbocycles. The number of dihydropyridines is 1. The summed E-state index contributed by atoms with van der Waals surface area (Å²) in [7, 11) is 0. The van der Waals surface area contributed by atoms with Crippen molar-refractivity contribution >= 4 is 40.4 Å². The van der Waals surface area contributed by atoms with Gasteiger partial charge in [0.1, 0.15) is 5.92 Å². The monoisotopic (exact) mass is 400 g/mol. The second-order valence-electron chi connectivity index (χ2n) is 6.82. The third-order valence-electron chi connectivity index (χ3n) is 4.68. The van der Waals surface area contributed by atoms with Crippen molar-refractivity contribution in [3.05, 3.63) is 34.9 Å². The highest BCUT2D eigenvalue weighted by molar-refractivity contribution is 7.13. The Labute approximate surface area is 168 Å². The fourth-order valence-electron chi connectivity index (χ4n) is 3.13. The summed E-state index contributed by atoms with van der Waals surface area (Å²) in [5.41, 5.74) is 2.19. The summed E-state index contributed by atoms with van der Waals surface area (Å²) in [6, 6.07) is 0. The molecular weight excluding hydrogens is 376 g/mol. The number of nitrogens with one attached hydrogen (secondary N) is 2. The van der Waals surface area contributed by atoms with Crippen LogP contribution in [0, 0.1) is 5.92 Å². The van der Waals surface area contributed by atoms with E-state index in [1.165, 1.54) is 42.0 Å². The molecule has 1 aliphatic heterocycles. The normalized spacial score (nSPS) is 18.6. The van der Waals surface area contributed by atoms with E-state index in [0.717, 1.165) is 25.0 Å². The number of nitrogens with zero attached hydrogens (tertiary/aromatic N) is 2. The molecule has 0 spiro atoms.